The van der Waals surface area contributed by atoms with Crippen molar-refractivity contribution in [3.05, 3.63) is 54.4 Å². The second-order valence-corrected chi connectivity index (χ2v) is 4.24. The zero-order valence-electron chi connectivity index (χ0n) is 9.99. The van der Waals surface area contributed by atoms with E-state index in [1.165, 1.54) is 0 Å². The van der Waals surface area contributed by atoms with Gasteiger partial charge in [0.1, 0.15) is 0 Å². The number of para-hydroxylation sites is 1. The summed E-state index contributed by atoms with van der Waals surface area (Å²) in [5, 5.41) is 14.9. The van der Waals surface area contributed by atoms with Crippen molar-refractivity contribution < 1.29 is 5.11 Å². The summed E-state index contributed by atoms with van der Waals surface area (Å²) in [5.74, 6) is 0.751. The van der Waals surface area contributed by atoms with Gasteiger partial charge in [0, 0.05) is 11.6 Å². The molecule has 4 nitrogen and oxygen atoms in total. The summed E-state index contributed by atoms with van der Waals surface area (Å²) in [6.07, 6.45) is 3.00. The lowest BCUT2D eigenvalue weighted by Crippen LogP contribution is -2.00. The molecule has 0 spiro atoms. The molecule has 1 aromatic carbocycles. The second-order valence-electron chi connectivity index (χ2n) is 4.24. The first kappa shape index (κ1) is 10.9. The van der Waals surface area contributed by atoms with Gasteiger partial charge >= 0.3 is 0 Å². The Hall–Kier alpha value is -2.20. The first-order valence-electron chi connectivity index (χ1n) is 5.83. The number of aromatic nitrogens is 3. The Bertz CT molecular complexity index is 671. The number of pyridine rings is 1. The van der Waals surface area contributed by atoms with Crippen LogP contribution in [0.15, 0.2) is 48.8 Å². The molecule has 0 fully saturated rings. The monoisotopic (exact) mass is 239 g/mol. The maximum Gasteiger partial charge on any atom is 0.153 e. The number of nitrogens with zero attached hydrogens (tertiary/aromatic N) is 3. The van der Waals surface area contributed by atoms with Crippen molar-refractivity contribution in [2.45, 2.75) is 13.0 Å². The Balaban J connectivity index is 2.09. The van der Waals surface area contributed by atoms with Gasteiger partial charge in [0.25, 0.3) is 0 Å². The number of benzene rings is 1. The standard InChI is InChI=1S/C14H13N3O/c1-10(18)11-6-7-14(15-8-11)17-13-5-3-2-4-12(13)9-16-17/h2-10,18H,1H3. The van der Waals surface area contributed by atoms with Crippen molar-refractivity contribution >= 4 is 10.9 Å². The van der Waals surface area contributed by atoms with Crippen molar-refractivity contribution in [1.82, 2.24) is 14.8 Å². The molecule has 1 N–H and O–H groups in total. The van der Waals surface area contributed by atoms with E-state index in [-0.39, 0.29) is 0 Å². The largest absolute Gasteiger partial charge is 0.389 e. The molecule has 0 saturated carbocycles. The summed E-state index contributed by atoms with van der Waals surface area (Å²) < 4.78 is 1.79. The normalized spacial score (nSPS) is 12.8. The first-order valence-corrected chi connectivity index (χ1v) is 5.83. The van der Waals surface area contributed by atoms with Crippen molar-refractivity contribution in [2.24, 2.45) is 0 Å². The highest BCUT2D eigenvalue weighted by molar-refractivity contribution is 5.79. The molecule has 0 aliphatic heterocycles. The Labute approximate surface area is 105 Å². The molecule has 0 bridgehead atoms. The fourth-order valence-electron chi connectivity index (χ4n) is 1.92. The van der Waals surface area contributed by atoms with Crippen molar-refractivity contribution in [2.75, 3.05) is 0 Å². The van der Waals surface area contributed by atoms with Gasteiger partial charge in [-0.15, -0.1) is 0 Å². The van der Waals surface area contributed by atoms with E-state index in [2.05, 4.69) is 10.1 Å². The van der Waals surface area contributed by atoms with Gasteiger partial charge in [0.05, 0.1) is 17.8 Å². The molecule has 1 atom stereocenters. The molecule has 3 aromatic rings. The highest BCUT2D eigenvalue weighted by Gasteiger charge is 2.06. The minimum atomic E-state index is -0.499. The van der Waals surface area contributed by atoms with Crippen molar-refractivity contribution in [1.29, 1.82) is 0 Å². The summed E-state index contributed by atoms with van der Waals surface area (Å²) in [5.41, 5.74) is 1.82. The Morgan fingerprint density at radius 2 is 1.94 bits per heavy atom. The van der Waals surface area contributed by atoms with Crippen LogP contribution in [0.2, 0.25) is 0 Å². The predicted molar refractivity (Wildman–Crippen MR) is 69.5 cm³/mol. The first-order chi connectivity index (χ1) is 8.75. The fourth-order valence-corrected chi connectivity index (χ4v) is 1.92. The number of rotatable bonds is 2. The van der Waals surface area contributed by atoms with Gasteiger partial charge < -0.3 is 5.11 Å². The molecule has 3 rings (SSSR count). The van der Waals surface area contributed by atoms with E-state index < -0.39 is 6.10 Å². The van der Waals surface area contributed by atoms with E-state index in [1.54, 1.807) is 17.8 Å². The molecule has 18 heavy (non-hydrogen) atoms. The third-order valence-electron chi connectivity index (χ3n) is 2.95. The average Bonchev–Trinajstić information content (AvgIpc) is 2.82. The quantitative estimate of drug-likeness (QED) is 0.747. The zero-order valence-corrected chi connectivity index (χ0v) is 9.99. The van der Waals surface area contributed by atoms with E-state index >= 15 is 0 Å². The number of hydrogen-bond acceptors (Lipinski definition) is 3. The minimum Gasteiger partial charge on any atom is -0.389 e. The van der Waals surface area contributed by atoms with Gasteiger partial charge in [-0.2, -0.15) is 5.10 Å². The zero-order chi connectivity index (χ0) is 12.5. The SMILES string of the molecule is CC(O)c1ccc(-n2ncc3ccccc32)nc1. The summed E-state index contributed by atoms with van der Waals surface area (Å²) in [4.78, 5) is 4.33. The van der Waals surface area contributed by atoms with Crippen LogP contribution in [0.25, 0.3) is 16.7 Å². The Morgan fingerprint density at radius 1 is 1.11 bits per heavy atom. The molecule has 0 aliphatic carbocycles. The molecule has 0 aliphatic rings. The summed E-state index contributed by atoms with van der Waals surface area (Å²) >= 11 is 0. The van der Waals surface area contributed by atoms with E-state index in [4.69, 9.17) is 0 Å². The van der Waals surface area contributed by atoms with Gasteiger partial charge in [-0.3, -0.25) is 0 Å². The van der Waals surface area contributed by atoms with Gasteiger partial charge in [0.15, 0.2) is 5.82 Å². The Kier molecular flexibility index (Phi) is 2.57. The second kappa shape index (κ2) is 4.23. The van der Waals surface area contributed by atoms with Gasteiger partial charge in [-0.1, -0.05) is 24.3 Å². The van der Waals surface area contributed by atoms with E-state index in [9.17, 15) is 5.11 Å². The molecule has 0 amide bonds. The maximum atomic E-state index is 9.45. The van der Waals surface area contributed by atoms with E-state index in [0.717, 1.165) is 22.3 Å². The molecule has 2 heterocycles. The number of aliphatic hydroxyl groups is 1. The topological polar surface area (TPSA) is 50.9 Å². The average molecular weight is 239 g/mol. The van der Waals surface area contributed by atoms with Crippen molar-refractivity contribution in [3.63, 3.8) is 0 Å². The Morgan fingerprint density at radius 3 is 2.67 bits per heavy atom. The molecule has 1 unspecified atom stereocenters. The third kappa shape index (κ3) is 1.76. The fraction of sp³-hybridized carbons (Fsp3) is 0.143. The molecule has 0 saturated heterocycles. The molecule has 90 valence electrons. The van der Waals surface area contributed by atoms with E-state index in [0.29, 0.717) is 0 Å². The molecule has 0 radical (unpaired) electrons. The lowest BCUT2D eigenvalue weighted by Gasteiger charge is -2.06. The lowest BCUT2D eigenvalue weighted by atomic mass is 10.2. The highest BCUT2D eigenvalue weighted by atomic mass is 16.3. The van der Waals surface area contributed by atoms with Gasteiger partial charge in [0.2, 0.25) is 0 Å². The van der Waals surface area contributed by atoms with E-state index in [1.807, 2.05) is 42.6 Å². The van der Waals surface area contributed by atoms with Crippen LogP contribution in [0.1, 0.15) is 18.6 Å². The number of hydrogen-bond donors (Lipinski definition) is 1. The predicted octanol–water partition coefficient (Wildman–Crippen LogP) is 2.47. The van der Waals surface area contributed by atoms with Crippen molar-refractivity contribution in [3.8, 4) is 5.82 Å². The summed E-state index contributed by atoms with van der Waals surface area (Å²) in [6.45, 7) is 1.72. The highest BCUT2D eigenvalue weighted by Crippen LogP contribution is 2.18. The molecule has 4 heteroatoms. The molecule has 2 aromatic heterocycles. The van der Waals surface area contributed by atoms with Crippen LogP contribution in [0.3, 0.4) is 0 Å². The van der Waals surface area contributed by atoms with Crippen LogP contribution < -0.4 is 0 Å². The molecular weight excluding hydrogens is 226 g/mol. The van der Waals surface area contributed by atoms with Gasteiger partial charge in [-0.05, 0) is 24.6 Å². The summed E-state index contributed by atoms with van der Waals surface area (Å²) in [6, 6.07) is 11.7. The minimum absolute atomic E-state index is 0.499. The maximum absolute atomic E-state index is 9.45. The number of aliphatic hydroxyl groups excluding tert-OH is 1. The van der Waals surface area contributed by atoms with Crippen LogP contribution in [0, 0.1) is 0 Å². The van der Waals surface area contributed by atoms with Crippen LogP contribution in [0.4, 0.5) is 0 Å². The van der Waals surface area contributed by atoms with Gasteiger partial charge in [-0.25, -0.2) is 9.67 Å². The van der Waals surface area contributed by atoms with Crippen LogP contribution >= 0.6 is 0 Å². The molecular formula is C14H13N3O. The van der Waals surface area contributed by atoms with Crippen LogP contribution in [-0.2, 0) is 0 Å². The number of fused-ring (bicyclic) bond motifs is 1. The summed E-state index contributed by atoms with van der Waals surface area (Å²) in [7, 11) is 0. The van der Waals surface area contributed by atoms with Crippen LogP contribution in [-0.4, -0.2) is 19.9 Å². The smallest absolute Gasteiger partial charge is 0.153 e. The van der Waals surface area contributed by atoms with Crippen LogP contribution in [0.5, 0.6) is 0 Å². The third-order valence-corrected chi connectivity index (χ3v) is 2.95. The lowest BCUT2D eigenvalue weighted by molar-refractivity contribution is 0.199.